The Bertz CT molecular complexity index is 844. The lowest BCUT2D eigenvalue weighted by Gasteiger charge is -2.08. The molecule has 2 aromatic heterocycles. The maximum Gasteiger partial charge on any atom is 0.278 e. The van der Waals surface area contributed by atoms with Gasteiger partial charge in [0.05, 0.1) is 5.69 Å². The molecule has 0 aliphatic carbocycles. The molecule has 1 N–H and O–H groups in total. The quantitative estimate of drug-likeness (QED) is 0.783. The fourth-order valence-corrected chi connectivity index (χ4v) is 2.06. The second-order valence-electron chi connectivity index (χ2n) is 4.52. The molecule has 8 heteroatoms. The van der Waals surface area contributed by atoms with Gasteiger partial charge in [-0.05, 0) is 31.5 Å². The van der Waals surface area contributed by atoms with Crippen LogP contribution in [-0.2, 0) is 0 Å². The predicted molar refractivity (Wildman–Crippen MR) is 77.5 cm³/mol. The van der Waals surface area contributed by atoms with Crippen LogP contribution in [0.25, 0.3) is 5.78 Å². The largest absolute Gasteiger partial charge is 0.320 e. The number of nitrogens with zero attached hydrogens (tertiary/aromatic N) is 5. The molecule has 7 nitrogen and oxygen atoms in total. The minimum absolute atomic E-state index is 0.185. The van der Waals surface area contributed by atoms with Gasteiger partial charge < -0.3 is 5.32 Å². The zero-order valence-electron chi connectivity index (χ0n) is 11.3. The van der Waals surface area contributed by atoms with Gasteiger partial charge in [0.15, 0.2) is 5.69 Å². The molecule has 21 heavy (non-hydrogen) atoms. The SMILES string of the molecule is Cc1ccc(NC(=O)c2nnc3ncnn3c2C)cc1Cl. The van der Waals surface area contributed by atoms with Crippen molar-refractivity contribution in [2.24, 2.45) is 0 Å². The summed E-state index contributed by atoms with van der Waals surface area (Å²) in [5, 5.41) is 15.1. The van der Waals surface area contributed by atoms with Crippen LogP contribution >= 0.6 is 11.6 Å². The van der Waals surface area contributed by atoms with E-state index in [4.69, 9.17) is 11.6 Å². The topological polar surface area (TPSA) is 85.1 Å². The number of hydrogen-bond acceptors (Lipinski definition) is 5. The summed E-state index contributed by atoms with van der Waals surface area (Å²) in [6.45, 7) is 3.62. The number of carbonyl (C=O) groups excluding carboxylic acids is 1. The lowest BCUT2D eigenvalue weighted by atomic mass is 10.2. The highest BCUT2D eigenvalue weighted by Crippen LogP contribution is 2.20. The van der Waals surface area contributed by atoms with Gasteiger partial charge >= 0.3 is 0 Å². The second-order valence-corrected chi connectivity index (χ2v) is 4.93. The van der Waals surface area contributed by atoms with Gasteiger partial charge in [0.2, 0.25) is 0 Å². The van der Waals surface area contributed by atoms with Crippen molar-refractivity contribution in [3.63, 3.8) is 0 Å². The van der Waals surface area contributed by atoms with E-state index in [0.29, 0.717) is 22.2 Å². The lowest BCUT2D eigenvalue weighted by Crippen LogP contribution is -2.18. The fraction of sp³-hybridized carbons (Fsp3) is 0.154. The average molecular weight is 303 g/mol. The predicted octanol–water partition coefficient (Wildman–Crippen LogP) is 2.04. The number of rotatable bonds is 2. The van der Waals surface area contributed by atoms with Crippen molar-refractivity contribution in [2.75, 3.05) is 5.32 Å². The van der Waals surface area contributed by atoms with E-state index < -0.39 is 0 Å². The molecule has 0 unspecified atom stereocenters. The molecule has 2 heterocycles. The lowest BCUT2D eigenvalue weighted by molar-refractivity contribution is 0.102. The van der Waals surface area contributed by atoms with Gasteiger partial charge in [0, 0.05) is 10.7 Å². The molecule has 3 aromatic rings. The average Bonchev–Trinajstić information content (AvgIpc) is 2.92. The van der Waals surface area contributed by atoms with E-state index in [1.165, 1.54) is 10.8 Å². The first-order valence-corrected chi connectivity index (χ1v) is 6.54. The van der Waals surface area contributed by atoms with Crippen molar-refractivity contribution in [1.82, 2.24) is 24.8 Å². The molecule has 0 atom stereocenters. The highest BCUT2D eigenvalue weighted by molar-refractivity contribution is 6.31. The maximum atomic E-state index is 12.3. The number of anilines is 1. The molecule has 0 fully saturated rings. The van der Waals surface area contributed by atoms with Crippen LogP contribution in [0.2, 0.25) is 5.02 Å². The third kappa shape index (κ3) is 2.43. The zero-order valence-corrected chi connectivity index (χ0v) is 12.1. The second kappa shape index (κ2) is 5.10. The van der Waals surface area contributed by atoms with Gasteiger partial charge in [0.25, 0.3) is 11.7 Å². The maximum absolute atomic E-state index is 12.3. The van der Waals surface area contributed by atoms with E-state index in [9.17, 15) is 4.79 Å². The summed E-state index contributed by atoms with van der Waals surface area (Å²) in [6.07, 6.45) is 1.36. The van der Waals surface area contributed by atoms with E-state index in [1.807, 2.05) is 13.0 Å². The summed E-state index contributed by atoms with van der Waals surface area (Å²) in [5.74, 6) is -0.0280. The van der Waals surface area contributed by atoms with Crippen molar-refractivity contribution < 1.29 is 4.79 Å². The Balaban J connectivity index is 1.93. The highest BCUT2D eigenvalue weighted by Gasteiger charge is 2.16. The standard InChI is InChI=1S/C13H11ClN6O/c1-7-3-4-9(5-10(7)14)17-12(21)11-8(2)20-13(19-18-11)15-6-16-20/h3-6H,1-2H3,(H,17,21). The molecule has 1 amide bonds. The summed E-state index contributed by atoms with van der Waals surface area (Å²) < 4.78 is 1.46. The normalized spacial score (nSPS) is 10.8. The third-order valence-corrected chi connectivity index (χ3v) is 3.48. The summed E-state index contributed by atoms with van der Waals surface area (Å²) >= 11 is 6.04. The summed E-state index contributed by atoms with van der Waals surface area (Å²) in [5.41, 5.74) is 2.28. The van der Waals surface area contributed by atoms with Crippen molar-refractivity contribution in [2.45, 2.75) is 13.8 Å². The summed E-state index contributed by atoms with van der Waals surface area (Å²) in [4.78, 5) is 16.2. The molecule has 0 bridgehead atoms. The van der Waals surface area contributed by atoms with E-state index in [1.54, 1.807) is 19.1 Å². The number of amides is 1. The first kappa shape index (κ1) is 13.4. The number of halogens is 1. The van der Waals surface area contributed by atoms with Gasteiger partial charge in [-0.3, -0.25) is 4.79 Å². The van der Waals surface area contributed by atoms with Crippen LogP contribution in [0, 0.1) is 13.8 Å². The Morgan fingerprint density at radius 3 is 2.86 bits per heavy atom. The van der Waals surface area contributed by atoms with Gasteiger partial charge in [-0.25, -0.2) is 0 Å². The fourth-order valence-electron chi connectivity index (χ4n) is 1.88. The molecule has 0 saturated heterocycles. The van der Waals surface area contributed by atoms with Crippen LogP contribution < -0.4 is 5.32 Å². The van der Waals surface area contributed by atoms with Gasteiger partial charge in [0.1, 0.15) is 6.33 Å². The summed E-state index contributed by atoms with van der Waals surface area (Å²) in [7, 11) is 0. The number of carbonyl (C=O) groups is 1. The molecule has 0 saturated carbocycles. The van der Waals surface area contributed by atoms with Crippen LogP contribution in [0.1, 0.15) is 21.7 Å². The Labute approximate surface area is 125 Å². The molecule has 0 radical (unpaired) electrons. The van der Waals surface area contributed by atoms with Crippen molar-refractivity contribution >= 4 is 29.0 Å². The van der Waals surface area contributed by atoms with E-state index in [-0.39, 0.29) is 11.6 Å². The summed E-state index contributed by atoms with van der Waals surface area (Å²) in [6, 6.07) is 5.29. The van der Waals surface area contributed by atoms with Gasteiger partial charge in [-0.15, -0.1) is 10.2 Å². The number of hydrogen-bond donors (Lipinski definition) is 1. The zero-order chi connectivity index (χ0) is 15.0. The number of aryl methyl sites for hydroxylation is 2. The highest BCUT2D eigenvalue weighted by atomic mass is 35.5. The van der Waals surface area contributed by atoms with Crippen LogP contribution in [0.4, 0.5) is 5.69 Å². The molecule has 0 aliphatic rings. The first-order valence-electron chi connectivity index (χ1n) is 6.17. The van der Waals surface area contributed by atoms with Crippen molar-refractivity contribution in [3.8, 4) is 0 Å². The van der Waals surface area contributed by atoms with E-state index in [0.717, 1.165) is 5.56 Å². The third-order valence-electron chi connectivity index (χ3n) is 3.07. The van der Waals surface area contributed by atoms with Crippen LogP contribution in [0.5, 0.6) is 0 Å². The van der Waals surface area contributed by atoms with Crippen molar-refractivity contribution in [1.29, 1.82) is 0 Å². The number of aromatic nitrogens is 5. The van der Waals surface area contributed by atoms with Crippen LogP contribution in [0.15, 0.2) is 24.5 Å². The van der Waals surface area contributed by atoms with Gasteiger partial charge in [-0.2, -0.15) is 14.6 Å². The van der Waals surface area contributed by atoms with Crippen LogP contribution in [0.3, 0.4) is 0 Å². The minimum Gasteiger partial charge on any atom is -0.320 e. The Hall–Kier alpha value is -2.54. The Morgan fingerprint density at radius 2 is 2.10 bits per heavy atom. The number of benzene rings is 1. The molecule has 0 aliphatic heterocycles. The molecule has 106 valence electrons. The number of nitrogens with one attached hydrogen (secondary N) is 1. The first-order chi connectivity index (χ1) is 10.1. The molecular weight excluding hydrogens is 292 g/mol. The molecule has 3 rings (SSSR count). The smallest absolute Gasteiger partial charge is 0.278 e. The molecular formula is C13H11ClN6O. The van der Waals surface area contributed by atoms with Gasteiger partial charge in [-0.1, -0.05) is 17.7 Å². The van der Waals surface area contributed by atoms with Crippen LogP contribution in [-0.4, -0.2) is 30.7 Å². The Kier molecular flexibility index (Phi) is 3.26. The minimum atomic E-state index is -0.377. The monoisotopic (exact) mass is 302 g/mol. The molecule has 0 spiro atoms. The molecule has 1 aromatic carbocycles. The van der Waals surface area contributed by atoms with E-state index in [2.05, 4.69) is 25.6 Å². The van der Waals surface area contributed by atoms with Crippen molar-refractivity contribution in [3.05, 3.63) is 46.5 Å². The number of fused-ring (bicyclic) bond motifs is 1. The van der Waals surface area contributed by atoms with E-state index >= 15 is 0 Å². The Morgan fingerprint density at radius 1 is 1.29 bits per heavy atom.